The van der Waals surface area contributed by atoms with E-state index < -0.39 is 35.4 Å². The molecule has 0 spiro atoms. The molecule has 2 aliphatic carbocycles. The number of anilines is 1. The van der Waals surface area contributed by atoms with Crippen molar-refractivity contribution in [3.8, 4) is 0 Å². The minimum atomic E-state index is -1.49. The van der Waals surface area contributed by atoms with Gasteiger partial charge in [0.2, 0.25) is 0 Å². The number of hydrogen-bond donors (Lipinski definition) is 2. The van der Waals surface area contributed by atoms with Gasteiger partial charge in [-0.15, -0.1) is 0 Å². The number of likely N-dealkylation sites (tertiary alicyclic amines) is 1. The summed E-state index contributed by atoms with van der Waals surface area (Å²) in [6, 6.07) is 5.24. The van der Waals surface area contributed by atoms with Crippen LogP contribution in [-0.2, 0) is 5.54 Å². The molecule has 10 heteroatoms. The summed E-state index contributed by atoms with van der Waals surface area (Å²) in [5, 5.41) is 6.29. The number of alkyl halides is 2. The molecule has 1 aromatic heterocycles. The lowest BCUT2D eigenvalue weighted by atomic mass is 9.66. The van der Waals surface area contributed by atoms with Crippen LogP contribution in [0.3, 0.4) is 0 Å². The summed E-state index contributed by atoms with van der Waals surface area (Å²) in [6.45, 7) is 4.77. The average Bonchev–Trinajstić information content (AvgIpc) is 2.82. The molecule has 7 atom stereocenters. The predicted molar refractivity (Wildman–Crippen MR) is 145 cm³/mol. The SMILES string of the molecule is CC(F)c1cccc([C@@H](C)NC(=O)c2cn(C3(C(F)P)CCC3)c(=O)cc2N[C@@H]2[C@@H]3C[C@H]2CN(C)C3)c1F. The van der Waals surface area contributed by atoms with Crippen LogP contribution >= 0.6 is 9.24 Å². The van der Waals surface area contributed by atoms with E-state index >= 15 is 4.39 Å². The molecule has 1 aromatic carbocycles. The van der Waals surface area contributed by atoms with Crippen molar-refractivity contribution in [1.82, 2.24) is 14.8 Å². The number of piperidine rings is 2. The maximum atomic E-state index is 15.0. The number of aromatic nitrogens is 1. The van der Waals surface area contributed by atoms with Gasteiger partial charge in [-0.2, -0.15) is 0 Å². The van der Waals surface area contributed by atoms with E-state index in [0.717, 1.165) is 25.9 Å². The number of amides is 1. The lowest BCUT2D eigenvalue weighted by molar-refractivity contribution is 0.0269. The standard InChI is InChI=1S/C28H36F3N4O2P/c1-15(29)19-6-4-7-20(24(19)30)16(2)32-26(37)21-14-35(28(27(31)38)8-5-9-28)23(36)11-22(21)33-25-17-10-18(25)13-34(3)12-17/h4,6-7,11,14-18,25,27,33H,5,8-10,12-13,38H2,1-3H3,(H,32,37)/t15?,16-,17-,18+,25-,27?/m1/s1. The Morgan fingerprint density at radius 3 is 2.39 bits per heavy atom. The third-order valence-corrected chi connectivity index (χ3v) is 9.47. The van der Waals surface area contributed by atoms with Gasteiger partial charge in [0.15, 0.2) is 0 Å². The minimum absolute atomic E-state index is 0.0673. The molecule has 1 saturated heterocycles. The van der Waals surface area contributed by atoms with E-state index in [1.807, 2.05) is 0 Å². The number of benzene rings is 1. The molecule has 2 saturated carbocycles. The molecule has 2 heterocycles. The Morgan fingerprint density at radius 1 is 1.16 bits per heavy atom. The molecule has 2 bridgehead atoms. The van der Waals surface area contributed by atoms with Gasteiger partial charge < -0.3 is 20.1 Å². The lowest BCUT2D eigenvalue weighted by Gasteiger charge is -2.53. The van der Waals surface area contributed by atoms with Crippen LogP contribution in [0.2, 0.25) is 0 Å². The number of carbonyl (C=O) groups excluding carboxylic acids is 1. The molecule has 206 valence electrons. The smallest absolute Gasteiger partial charge is 0.255 e. The Kier molecular flexibility index (Phi) is 7.38. The highest BCUT2D eigenvalue weighted by Crippen LogP contribution is 2.46. The molecule has 2 N–H and O–H groups in total. The summed E-state index contributed by atoms with van der Waals surface area (Å²) < 4.78 is 45.0. The quantitative estimate of drug-likeness (QED) is 0.460. The monoisotopic (exact) mass is 548 g/mol. The van der Waals surface area contributed by atoms with Crippen LogP contribution in [0.5, 0.6) is 0 Å². The number of nitrogens with one attached hydrogen (secondary N) is 2. The van der Waals surface area contributed by atoms with E-state index in [1.54, 1.807) is 13.0 Å². The van der Waals surface area contributed by atoms with Gasteiger partial charge in [-0.1, -0.05) is 27.4 Å². The van der Waals surface area contributed by atoms with Crippen LogP contribution in [0.15, 0.2) is 35.3 Å². The van der Waals surface area contributed by atoms with Crippen molar-refractivity contribution in [2.75, 3.05) is 25.5 Å². The summed E-state index contributed by atoms with van der Waals surface area (Å²) in [4.78, 5) is 29.2. The zero-order chi connectivity index (χ0) is 27.4. The fourth-order valence-electron chi connectivity index (χ4n) is 6.47. The van der Waals surface area contributed by atoms with Gasteiger partial charge in [0.25, 0.3) is 11.5 Å². The summed E-state index contributed by atoms with van der Waals surface area (Å²) in [5.74, 6) is -1.72. The number of hydrogen-bond acceptors (Lipinski definition) is 4. The van der Waals surface area contributed by atoms with E-state index in [0.29, 0.717) is 30.4 Å². The third-order valence-electron chi connectivity index (χ3n) is 8.85. The number of nitrogens with zero attached hydrogens (tertiary/aromatic N) is 2. The van der Waals surface area contributed by atoms with Gasteiger partial charge in [-0.3, -0.25) is 9.59 Å². The van der Waals surface area contributed by atoms with Crippen molar-refractivity contribution in [3.63, 3.8) is 0 Å². The Bertz CT molecular complexity index is 1270. The Labute approximate surface area is 223 Å². The van der Waals surface area contributed by atoms with Gasteiger partial charge in [0.05, 0.1) is 22.8 Å². The van der Waals surface area contributed by atoms with Crippen LogP contribution in [0.1, 0.15) is 73.2 Å². The first-order valence-corrected chi connectivity index (χ1v) is 14.0. The van der Waals surface area contributed by atoms with Crippen molar-refractivity contribution in [1.29, 1.82) is 0 Å². The van der Waals surface area contributed by atoms with Crippen molar-refractivity contribution in [2.45, 2.75) is 69.2 Å². The molecular weight excluding hydrogens is 512 g/mol. The minimum Gasteiger partial charge on any atom is -0.381 e. The van der Waals surface area contributed by atoms with E-state index in [4.69, 9.17) is 0 Å². The number of carbonyl (C=O) groups is 1. The van der Waals surface area contributed by atoms with Gasteiger partial charge in [-0.05, 0) is 58.4 Å². The number of fused-ring (bicyclic) bond motifs is 2. The molecule has 3 aliphatic rings. The molecule has 3 unspecified atom stereocenters. The molecule has 38 heavy (non-hydrogen) atoms. The molecule has 1 aliphatic heterocycles. The number of halogens is 3. The van der Waals surface area contributed by atoms with Crippen molar-refractivity contribution in [2.24, 2.45) is 11.8 Å². The summed E-state index contributed by atoms with van der Waals surface area (Å²) >= 11 is 0. The molecule has 3 fully saturated rings. The van der Waals surface area contributed by atoms with Crippen LogP contribution < -0.4 is 16.2 Å². The second-order valence-electron chi connectivity index (χ2n) is 11.4. The zero-order valence-electron chi connectivity index (χ0n) is 22.0. The second kappa shape index (κ2) is 10.3. The molecule has 0 radical (unpaired) electrons. The zero-order valence-corrected chi connectivity index (χ0v) is 23.2. The molecule has 6 nitrogen and oxygen atoms in total. The maximum Gasteiger partial charge on any atom is 0.255 e. The van der Waals surface area contributed by atoms with Crippen LogP contribution in [-0.4, -0.2) is 47.5 Å². The van der Waals surface area contributed by atoms with Gasteiger partial charge in [0, 0.05) is 42.5 Å². The van der Waals surface area contributed by atoms with Gasteiger partial charge in [0.1, 0.15) is 17.9 Å². The van der Waals surface area contributed by atoms with Crippen molar-refractivity contribution < 1.29 is 18.0 Å². The summed E-state index contributed by atoms with van der Waals surface area (Å²) in [6.07, 6.45) is 2.86. The van der Waals surface area contributed by atoms with Gasteiger partial charge >= 0.3 is 0 Å². The van der Waals surface area contributed by atoms with Gasteiger partial charge in [-0.25, -0.2) is 13.2 Å². The lowest BCUT2D eigenvalue weighted by Crippen LogP contribution is -2.60. The first kappa shape index (κ1) is 27.2. The fourth-order valence-corrected chi connectivity index (χ4v) is 6.96. The Balaban J connectivity index is 1.48. The van der Waals surface area contributed by atoms with E-state index in [9.17, 15) is 18.4 Å². The number of pyridine rings is 1. The normalized spacial score (nSPS) is 26.4. The number of rotatable bonds is 8. The highest BCUT2D eigenvalue weighted by molar-refractivity contribution is 7.17. The van der Waals surface area contributed by atoms with Crippen LogP contribution in [0, 0.1) is 17.7 Å². The largest absolute Gasteiger partial charge is 0.381 e. The van der Waals surface area contributed by atoms with Crippen molar-refractivity contribution >= 4 is 20.8 Å². The average molecular weight is 549 g/mol. The first-order valence-electron chi connectivity index (χ1n) is 13.4. The Hall–Kier alpha value is -2.38. The maximum absolute atomic E-state index is 15.0. The highest BCUT2D eigenvalue weighted by Gasteiger charge is 2.47. The topological polar surface area (TPSA) is 66.4 Å². The molecule has 2 aromatic rings. The first-order chi connectivity index (χ1) is 18.0. The van der Waals surface area contributed by atoms with Crippen LogP contribution in [0.4, 0.5) is 18.9 Å². The summed E-state index contributed by atoms with van der Waals surface area (Å²) in [5.41, 5.74) is -0.651. The second-order valence-corrected chi connectivity index (χ2v) is 12.0. The van der Waals surface area contributed by atoms with E-state index in [-0.39, 0.29) is 28.3 Å². The molecular formula is C28H36F3N4O2P. The van der Waals surface area contributed by atoms with E-state index in [2.05, 4.69) is 31.8 Å². The van der Waals surface area contributed by atoms with E-state index in [1.165, 1.54) is 35.9 Å². The predicted octanol–water partition coefficient (Wildman–Crippen LogP) is 4.92. The Morgan fingerprint density at radius 2 is 1.82 bits per heavy atom. The third kappa shape index (κ3) is 4.66. The molecule has 1 amide bonds. The van der Waals surface area contributed by atoms with Crippen LogP contribution in [0.25, 0.3) is 0 Å². The summed E-state index contributed by atoms with van der Waals surface area (Å²) in [7, 11) is 4.24. The molecule has 5 rings (SSSR count). The fraction of sp³-hybridized carbons (Fsp3) is 0.571. The van der Waals surface area contributed by atoms with Crippen molar-refractivity contribution in [3.05, 3.63) is 63.3 Å². The highest BCUT2D eigenvalue weighted by atomic mass is 31.0.